The van der Waals surface area contributed by atoms with E-state index >= 15 is 0 Å². The van der Waals surface area contributed by atoms with Crippen molar-refractivity contribution in [3.63, 3.8) is 0 Å². The molecule has 3 saturated heterocycles. The number of halogens is 3. The summed E-state index contributed by atoms with van der Waals surface area (Å²) in [6.45, 7) is 11.6. The number of fused-ring (bicyclic) bond motifs is 5. The first kappa shape index (κ1) is 48.0. The molecule has 366 valence electrons. The number of aromatic nitrogens is 6. The molecule has 0 saturated carbocycles. The number of nitrogens with one attached hydrogen (secondary N) is 2. The highest BCUT2D eigenvalue weighted by Gasteiger charge is 2.41. The minimum absolute atomic E-state index is 0.0146. The molecule has 12 rings (SSSR count). The van der Waals surface area contributed by atoms with E-state index < -0.39 is 13.6 Å². The first-order chi connectivity index (χ1) is 33.9. The molecule has 2 amide bonds. The molecule has 0 spiro atoms. The second-order valence-corrected chi connectivity index (χ2v) is 18.5. The van der Waals surface area contributed by atoms with E-state index in [2.05, 4.69) is 65.9 Å². The molecule has 0 radical (unpaired) electrons. The maximum Gasteiger partial charge on any atom is 0.229 e. The van der Waals surface area contributed by atoms with Gasteiger partial charge in [0.1, 0.15) is 18.3 Å². The molecule has 6 aromatic rings. The molecule has 17 heteroatoms. The van der Waals surface area contributed by atoms with Crippen LogP contribution in [0, 0.1) is 11.8 Å². The van der Waals surface area contributed by atoms with Gasteiger partial charge in [-0.25, -0.2) is 23.1 Å². The van der Waals surface area contributed by atoms with Crippen LogP contribution in [-0.2, 0) is 54.9 Å². The molecule has 14 nitrogen and oxygen atoms in total. The summed E-state index contributed by atoms with van der Waals surface area (Å²) in [5.41, 5.74) is 11.0. The number of benzene rings is 2. The second-order valence-electron chi connectivity index (χ2n) is 18.5. The van der Waals surface area contributed by atoms with Gasteiger partial charge >= 0.3 is 0 Å². The predicted molar refractivity (Wildman–Crippen MR) is 262 cm³/mol. The van der Waals surface area contributed by atoms with Gasteiger partial charge in [0.05, 0.1) is 35.6 Å². The molecule has 2 N–H and O–H groups in total. The second kappa shape index (κ2) is 22.1. The Hall–Kier alpha value is -6.07. The number of likely N-dealkylation sites (tertiary alicyclic amines) is 1. The van der Waals surface area contributed by atoms with Crippen molar-refractivity contribution in [2.75, 3.05) is 88.7 Å². The average molecular weight is 947 g/mol. The Labute approximate surface area is 402 Å². The van der Waals surface area contributed by atoms with Crippen LogP contribution < -0.4 is 20.4 Å². The van der Waals surface area contributed by atoms with Crippen LogP contribution in [0.4, 0.5) is 24.8 Å². The topological polar surface area (TPSA) is 132 Å². The van der Waals surface area contributed by atoms with Gasteiger partial charge < -0.3 is 30.2 Å². The van der Waals surface area contributed by atoms with E-state index in [4.69, 9.17) is 9.97 Å². The number of piperidine rings is 1. The summed E-state index contributed by atoms with van der Waals surface area (Å²) >= 11 is 0. The molecule has 1 atom stereocenters. The number of rotatable bonds is 6. The minimum Gasteiger partial charge on any atom is -0.354 e. The van der Waals surface area contributed by atoms with Gasteiger partial charge in [-0.2, -0.15) is 19.2 Å². The third-order valence-corrected chi connectivity index (χ3v) is 14.4. The molecule has 2 aromatic carbocycles. The molecular formula is C52H65F3N12O2. The highest BCUT2D eigenvalue weighted by atomic mass is 19.3. The zero-order valence-electron chi connectivity index (χ0n) is 39.9. The fourth-order valence-electron chi connectivity index (χ4n) is 10.9. The number of hydrogen-bond acceptors (Lipinski definition) is 10. The Balaban J connectivity index is 0.000000157. The lowest BCUT2D eigenvalue weighted by Crippen LogP contribution is -2.56. The van der Waals surface area contributed by atoms with Crippen LogP contribution in [0.2, 0.25) is 0 Å². The first-order valence-electron chi connectivity index (χ1n) is 24.9. The Morgan fingerprint density at radius 3 is 1.75 bits per heavy atom. The van der Waals surface area contributed by atoms with Crippen LogP contribution in [0.15, 0.2) is 73.1 Å². The van der Waals surface area contributed by atoms with Gasteiger partial charge in [-0.05, 0) is 67.4 Å². The maximum atomic E-state index is 13.3. The predicted octanol–water partition coefficient (Wildman–Crippen LogP) is 6.08. The van der Waals surface area contributed by atoms with Crippen LogP contribution in [0.1, 0.15) is 77.4 Å². The molecular weight excluding hydrogens is 882 g/mol. The van der Waals surface area contributed by atoms with Crippen molar-refractivity contribution in [1.82, 2.24) is 49.6 Å². The van der Waals surface area contributed by atoms with Gasteiger partial charge in [0.25, 0.3) is 0 Å². The zero-order chi connectivity index (χ0) is 47.9. The molecule has 6 aliphatic rings. The quantitative estimate of drug-likeness (QED) is 0.203. The first-order valence-corrected chi connectivity index (χ1v) is 24.9. The molecule has 69 heavy (non-hydrogen) atoms. The summed E-state index contributed by atoms with van der Waals surface area (Å²) in [6, 6.07) is 20.3. The molecule has 0 aliphatic carbocycles. The van der Waals surface area contributed by atoms with E-state index in [1.807, 2.05) is 64.3 Å². The van der Waals surface area contributed by atoms with Gasteiger partial charge in [0.15, 0.2) is 11.3 Å². The SMILES string of the molecule is CC.FCF.O=C(C1CN(c2c3c(nc4ccnn24)CCNCC3)C1)N1CCCC(c2ccccc2)C1.O=C(C1CN(c2c3c(nc4ccnn24)CCNCC3)C1)N1CCc2ccc(CF)cc2C1. The number of carbonyl (C=O) groups is 2. The normalized spacial score (nSPS) is 19.2. The van der Waals surface area contributed by atoms with E-state index in [9.17, 15) is 22.8 Å². The number of carbonyl (C=O) groups excluding carboxylic acids is 2. The lowest BCUT2D eigenvalue weighted by Gasteiger charge is -2.44. The molecule has 1 unspecified atom stereocenters. The van der Waals surface area contributed by atoms with Crippen molar-refractivity contribution in [3.05, 3.63) is 118 Å². The van der Waals surface area contributed by atoms with E-state index in [1.54, 1.807) is 6.20 Å². The van der Waals surface area contributed by atoms with Crippen molar-refractivity contribution in [2.45, 2.75) is 77.9 Å². The molecule has 4 aromatic heterocycles. The smallest absolute Gasteiger partial charge is 0.229 e. The summed E-state index contributed by atoms with van der Waals surface area (Å²) in [4.78, 5) is 45.0. The van der Waals surface area contributed by atoms with Crippen molar-refractivity contribution >= 4 is 34.7 Å². The van der Waals surface area contributed by atoms with E-state index in [1.165, 1.54) is 34.4 Å². The number of hydrogen-bond donors (Lipinski definition) is 2. The lowest BCUT2D eigenvalue weighted by molar-refractivity contribution is -0.138. The van der Waals surface area contributed by atoms with Gasteiger partial charge in [0.2, 0.25) is 18.7 Å². The van der Waals surface area contributed by atoms with Crippen LogP contribution in [0.5, 0.6) is 0 Å². The molecule has 10 heterocycles. The highest BCUT2D eigenvalue weighted by Crippen LogP contribution is 2.35. The van der Waals surface area contributed by atoms with Crippen LogP contribution in [0.25, 0.3) is 11.3 Å². The molecule has 3 fully saturated rings. The number of alkyl halides is 3. The van der Waals surface area contributed by atoms with Gasteiger partial charge in [-0.1, -0.05) is 62.4 Å². The monoisotopic (exact) mass is 947 g/mol. The van der Waals surface area contributed by atoms with Gasteiger partial charge in [-0.15, -0.1) is 0 Å². The summed E-state index contributed by atoms with van der Waals surface area (Å²) in [6.07, 6.45) is 10.4. The van der Waals surface area contributed by atoms with E-state index in [0.717, 1.165) is 132 Å². The van der Waals surface area contributed by atoms with Crippen molar-refractivity contribution in [3.8, 4) is 0 Å². The minimum atomic E-state index is -1.75. The third kappa shape index (κ3) is 10.2. The number of amides is 2. The summed E-state index contributed by atoms with van der Waals surface area (Å²) in [5, 5.41) is 16.0. The van der Waals surface area contributed by atoms with Gasteiger partial charge in [-0.3, -0.25) is 9.59 Å². The maximum absolute atomic E-state index is 13.3. The van der Waals surface area contributed by atoms with Crippen LogP contribution in [0.3, 0.4) is 0 Å². The van der Waals surface area contributed by atoms with E-state index in [-0.39, 0.29) is 17.7 Å². The summed E-state index contributed by atoms with van der Waals surface area (Å²) < 4.78 is 36.2. The van der Waals surface area contributed by atoms with E-state index in [0.29, 0.717) is 37.0 Å². The molecule has 0 bridgehead atoms. The fourth-order valence-corrected chi connectivity index (χ4v) is 10.9. The lowest BCUT2D eigenvalue weighted by atomic mass is 9.89. The summed E-state index contributed by atoms with van der Waals surface area (Å²) in [5.74, 6) is 3.28. The fraction of sp³-hybridized carbons (Fsp3) is 0.500. The van der Waals surface area contributed by atoms with Crippen molar-refractivity contribution < 1.29 is 22.8 Å². The average Bonchev–Trinajstić information content (AvgIpc) is 3.89. The Bertz CT molecular complexity index is 2700. The van der Waals surface area contributed by atoms with Crippen LogP contribution in [-0.4, -0.2) is 130 Å². The standard InChI is InChI=1S/C25H30N6O.C24H27FN6O.C2H6.CH2F2/c32-25(29-14-4-7-19(15-29)18-5-2-1-3-6-18)20-16-30(17-20)24-21-8-11-26-12-9-22(21)28-23-10-13-27-31(23)24;25-12-16-1-2-17-6-10-29(13-18(17)11-16)24(32)19-14-30(15-19)23-20-3-7-26-8-4-21(20)28-22-5-9-27-31(22)23;1-2;2-1-3/h1-3,5-6,10,13,19-20,26H,4,7-9,11-12,14-17H2;1-2,5,9,11,19,26H,3-4,6-8,10,12-15H2;1-2H3;1H2. The summed E-state index contributed by atoms with van der Waals surface area (Å²) in [7, 11) is 0. The van der Waals surface area contributed by atoms with Crippen molar-refractivity contribution in [1.29, 1.82) is 0 Å². The van der Waals surface area contributed by atoms with Gasteiger partial charge in [0, 0.05) is 107 Å². The molecule has 6 aliphatic heterocycles. The Morgan fingerprint density at radius 1 is 0.638 bits per heavy atom. The highest BCUT2D eigenvalue weighted by molar-refractivity contribution is 5.83. The third-order valence-electron chi connectivity index (χ3n) is 14.4. The largest absolute Gasteiger partial charge is 0.354 e. The van der Waals surface area contributed by atoms with Crippen LogP contribution >= 0.6 is 0 Å². The number of nitrogens with zero attached hydrogens (tertiary/aromatic N) is 10. The number of anilines is 2. The Kier molecular flexibility index (Phi) is 15.4. The van der Waals surface area contributed by atoms with Crippen molar-refractivity contribution in [2.24, 2.45) is 11.8 Å². The Morgan fingerprint density at radius 2 is 1.19 bits per heavy atom. The zero-order valence-corrected chi connectivity index (χ0v) is 39.9.